The van der Waals surface area contributed by atoms with Crippen LogP contribution in [0.4, 0.5) is 10.1 Å². The standard InChI is InChI=1S/C22H24ClFN2O5S/c1-13(27)16-5-7-19(28-2)21(29-3)20(16)31-12-15-11-26(8-9-30-15)22(32)25-18-10-14(23)4-6-17(18)24/h4-7,10,15H,8-9,11-12H2,1-3H3,(H,25,32). The summed E-state index contributed by atoms with van der Waals surface area (Å²) in [5, 5.41) is 3.64. The van der Waals surface area contributed by atoms with Gasteiger partial charge in [0.2, 0.25) is 5.75 Å². The van der Waals surface area contributed by atoms with Gasteiger partial charge in [-0.1, -0.05) is 11.6 Å². The maximum atomic E-state index is 14.0. The lowest BCUT2D eigenvalue weighted by atomic mass is 10.1. The van der Waals surface area contributed by atoms with Gasteiger partial charge in [-0.2, -0.15) is 0 Å². The van der Waals surface area contributed by atoms with Crippen LogP contribution >= 0.6 is 23.8 Å². The molecule has 1 aliphatic rings. The number of ether oxygens (including phenoxy) is 4. The highest BCUT2D eigenvalue weighted by molar-refractivity contribution is 7.80. The average Bonchev–Trinajstić information content (AvgIpc) is 2.79. The molecule has 1 atom stereocenters. The van der Waals surface area contributed by atoms with E-state index >= 15 is 0 Å². The van der Waals surface area contributed by atoms with Gasteiger partial charge in [0.25, 0.3) is 0 Å². The Labute approximate surface area is 196 Å². The minimum absolute atomic E-state index is 0.147. The third kappa shape index (κ3) is 5.59. The highest BCUT2D eigenvalue weighted by atomic mass is 35.5. The summed E-state index contributed by atoms with van der Waals surface area (Å²) in [6.45, 7) is 2.95. The lowest BCUT2D eigenvalue weighted by Crippen LogP contribution is -2.49. The number of nitrogens with one attached hydrogen (secondary N) is 1. The van der Waals surface area contributed by atoms with E-state index in [1.165, 1.54) is 39.3 Å². The second-order valence-corrected chi connectivity index (χ2v) is 7.86. The average molecular weight is 483 g/mol. The number of hydrogen-bond donors (Lipinski definition) is 1. The van der Waals surface area contributed by atoms with E-state index in [-0.39, 0.29) is 24.2 Å². The van der Waals surface area contributed by atoms with Gasteiger partial charge in [0.1, 0.15) is 18.5 Å². The molecular formula is C22H24ClFN2O5S. The SMILES string of the molecule is COc1ccc(C(C)=O)c(OCC2CN(C(=S)Nc3cc(Cl)ccc3F)CCO2)c1OC. The largest absolute Gasteiger partial charge is 0.493 e. The zero-order valence-corrected chi connectivity index (χ0v) is 19.5. The van der Waals surface area contributed by atoms with Gasteiger partial charge in [-0.25, -0.2) is 4.39 Å². The quantitative estimate of drug-likeness (QED) is 0.465. The number of ketones is 1. The van der Waals surface area contributed by atoms with Gasteiger partial charge >= 0.3 is 0 Å². The molecule has 1 unspecified atom stereocenters. The molecule has 0 bridgehead atoms. The molecular weight excluding hydrogens is 459 g/mol. The lowest BCUT2D eigenvalue weighted by Gasteiger charge is -2.34. The molecule has 0 amide bonds. The third-order valence-electron chi connectivity index (χ3n) is 4.89. The molecule has 0 saturated carbocycles. The summed E-state index contributed by atoms with van der Waals surface area (Å²) in [5.41, 5.74) is 0.581. The van der Waals surface area contributed by atoms with Gasteiger partial charge in [-0.15, -0.1) is 0 Å². The maximum Gasteiger partial charge on any atom is 0.204 e. The second kappa shape index (κ2) is 10.8. The number of benzene rings is 2. The highest BCUT2D eigenvalue weighted by Gasteiger charge is 2.26. The zero-order chi connectivity index (χ0) is 23.3. The predicted molar refractivity (Wildman–Crippen MR) is 124 cm³/mol. The number of nitrogens with zero attached hydrogens (tertiary/aromatic N) is 1. The number of rotatable bonds is 7. The minimum atomic E-state index is -0.452. The summed E-state index contributed by atoms with van der Waals surface area (Å²) in [6, 6.07) is 7.50. The normalized spacial score (nSPS) is 15.8. The van der Waals surface area contributed by atoms with Gasteiger partial charge < -0.3 is 29.2 Å². The number of morpholine rings is 1. The van der Waals surface area contributed by atoms with E-state index in [9.17, 15) is 9.18 Å². The van der Waals surface area contributed by atoms with Crippen molar-refractivity contribution >= 4 is 40.4 Å². The highest BCUT2D eigenvalue weighted by Crippen LogP contribution is 2.40. The summed E-state index contributed by atoms with van der Waals surface area (Å²) < 4.78 is 36.5. The van der Waals surface area contributed by atoms with E-state index in [0.717, 1.165) is 0 Å². The summed E-state index contributed by atoms with van der Waals surface area (Å²) in [6.07, 6.45) is -0.344. The lowest BCUT2D eigenvalue weighted by molar-refractivity contribution is -0.0285. The van der Waals surface area contributed by atoms with Crippen LogP contribution in [0, 0.1) is 5.82 Å². The molecule has 0 aliphatic carbocycles. The van der Waals surface area contributed by atoms with Crippen molar-refractivity contribution in [3.63, 3.8) is 0 Å². The number of methoxy groups -OCH3 is 2. The minimum Gasteiger partial charge on any atom is -0.493 e. The van der Waals surface area contributed by atoms with Crippen molar-refractivity contribution in [1.29, 1.82) is 0 Å². The Morgan fingerprint density at radius 1 is 1.28 bits per heavy atom. The zero-order valence-electron chi connectivity index (χ0n) is 17.9. The monoisotopic (exact) mass is 482 g/mol. The van der Waals surface area contributed by atoms with E-state index in [1.807, 2.05) is 4.90 Å². The molecule has 7 nitrogen and oxygen atoms in total. The molecule has 172 valence electrons. The summed E-state index contributed by atoms with van der Waals surface area (Å²) in [7, 11) is 2.99. The molecule has 1 heterocycles. The van der Waals surface area contributed by atoms with Crippen molar-refractivity contribution < 1.29 is 28.1 Å². The Kier molecular flexibility index (Phi) is 8.11. The van der Waals surface area contributed by atoms with Gasteiger partial charge in [0.15, 0.2) is 22.4 Å². The van der Waals surface area contributed by atoms with Crippen LogP contribution in [-0.2, 0) is 4.74 Å². The number of thiocarbonyl (C=S) groups is 1. The van der Waals surface area contributed by atoms with Crippen LogP contribution in [-0.4, -0.2) is 62.4 Å². The van der Waals surface area contributed by atoms with Crippen molar-refractivity contribution in [3.05, 3.63) is 46.7 Å². The Bertz CT molecular complexity index is 1010. The molecule has 32 heavy (non-hydrogen) atoms. The molecule has 1 aliphatic heterocycles. The number of Topliss-reactive ketones (excluding diaryl/α,β-unsaturated/α-hetero) is 1. The van der Waals surface area contributed by atoms with Crippen LogP contribution in [0.25, 0.3) is 0 Å². The third-order valence-corrected chi connectivity index (χ3v) is 5.48. The molecule has 1 fully saturated rings. The molecule has 1 N–H and O–H groups in total. The van der Waals surface area contributed by atoms with E-state index in [4.69, 9.17) is 42.8 Å². The fourth-order valence-corrected chi connectivity index (χ4v) is 3.74. The first-order valence-electron chi connectivity index (χ1n) is 9.85. The fourth-order valence-electron chi connectivity index (χ4n) is 3.29. The number of carbonyl (C=O) groups excluding carboxylic acids is 1. The molecule has 2 aromatic rings. The molecule has 1 saturated heterocycles. The molecule has 3 rings (SSSR count). The number of carbonyl (C=O) groups is 1. The van der Waals surface area contributed by atoms with Crippen molar-refractivity contribution in [2.45, 2.75) is 13.0 Å². The Balaban J connectivity index is 1.69. The van der Waals surface area contributed by atoms with Crippen molar-refractivity contribution in [2.24, 2.45) is 0 Å². The van der Waals surface area contributed by atoms with E-state index in [1.54, 1.807) is 12.1 Å². The molecule has 0 aromatic heterocycles. The molecule has 2 aromatic carbocycles. The Morgan fingerprint density at radius 2 is 2.06 bits per heavy atom. The van der Waals surface area contributed by atoms with Crippen LogP contribution in [0.3, 0.4) is 0 Å². The van der Waals surface area contributed by atoms with Crippen LogP contribution in [0.5, 0.6) is 17.2 Å². The summed E-state index contributed by atoms with van der Waals surface area (Å²) >= 11 is 11.4. The van der Waals surface area contributed by atoms with Crippen molar-refractivity contribution in [3.8, 4) is 17.2 Å². The van der Waals surface area contributed by atoms with Gasteiger partial charge in [-0.05, 0) is 49.5 Å². The first kappa shape index (κ1) is 24.0. The Hall–Kier alpha value is -2.62. The van der Waals surface area contributed by atoms with Gasteiger partial charge in [-0.3, -0.25) is 4.79 Å². The van der Waals surface area contributed by atoms with Gasteiger partial charge in [0, 0.05) is 18.1 Å². The van der Waals surface area contributed by atoms with E-state index in [2.05, 4.69) is 5.32 Å². The number of hydrogen-bond acceptors (Lipinski definition) is 6. The van der Waals surface area contributed by atoms with Crippen molar-refractivity contribution in [2.75, 3.05) is 45.8 Å². The second-order valence-electron chi connectivity index (χ2n) is 7.04. The van der Waals surface area contributed by atoms with E-state index in [0.29, 0.717) is 52.6 Å². The first-order chi connectivity index (χ1) is 15.3. The Morgan fingerprint density at radius 3 is 2.75 bits per heavy atom. The van der Waals surface area contributed by atoms with Crippen molar-refractivity contribution in [1.82, 2.24) is 4.90 Å². The van der Waals surface area contributed by atoms with Crippen LogP contribution in [0.1, 0.15) is 17.3 Å². The molecule has 0 radical (unpaired) electrons. The van der Waals surface area contributed by atoms with Gasteiger partial charge in [0.05, 0.1) is 32.1 Å². The number of halogens is 2. The smallest absolute Gasteiger partial charge is 0.204 e. The maximum absolute atomic E-state index is 14.0. The number of anilines is 1. The summed E-state index contributed by atoms with van der Waals surface area (Å²) in [5.74, 6) is 0.462. The van der Waals surface area contributed by atoms with Crippen LogP contribution < -0.4 is 19.5 Å². The fraction of sp³-hybridized carbons (Fsp3) is 0.364. The first-order valence-corrected chi connectivity index (χ1v) is 10.6. The van der Waals surface area contributed by atoms with Crippen LogP contribution in [0.15, 0.2) is 30.3 Å². The van der Waals surface area contributed by atoms with Crippen LogP contribution in [0.2, 0.25) is 5.02 Å². The predicted octanol–water partition coefficient (Wildman–Crippen LogP) is 4.18. The van der Waals surface area contributed by atoms with E-state index < -0.39 is 5.82 Å². The molecule has 0 spiro atoms. The molecule has 10 heteroatoms. The topological polar surface area (TPSA) is 69.3 Å². The summed E-state index contributed by atoms with van der Waals surface area (Å²) in [4.78, 5) is 13.9.